The van der Waals surface area contributed by atoms with E-state index in [9.17, 15) is 35.7 Å². The van der Waals surface area contributed by atoms with Gasteiger partial charge >= 0.3 is 0 Å². The minimum atomic E-state index is -2.11. The fourth-order valence-electron chi connectivity index (χ4n) is 5.32. The predicted molar refractivity (Wildman–Crippen MR) is 141 cm³/mol. The average molecular weight is 609 g/mol. The highest BCUT2D eigenvalue weighted by atomic mass is 16.8. The van der Waals surface area contributed by atoms with Gasteiger partial charge in [-0.05, 0) is 19.5 Å². The van der Waals surface area contributed by atoms with Crippen molar-refractivity contribution in [2.24, 2.45) is 38.0 Å². The summed E-state index contributed by atoms with van der Waals surface area (Å²) in [5, 5.41) is 81.0. The van der Waals surface area contributed by atoms with Crippen molar-refractivity contribution in [3.05, 3.63) is 10.4 Å². The first kappa shape index (κ1) is 33.9. The molecule has 1 aliphatic carbocycles. The molecule has 0 aromatic carbocycles. The van der Waals surface area contributed by atoms with Crippen molar-refractivity contribution < 1.29 is 54.7 Å². The van der Waals surface area contributed by atoms with Gasteiger partial charge in [0.1, 0.15) is 66.5 Å². The topological polar surface area (TPSA) is 368 Å². The number of hydrogen-bond acceptors (Lipinski definition) is 15. The maximum atomic E-state index is 11.6. The highest BCUT2D eigenvalue weighted by Gasteiger charge is 2.60. The second-order valence-electron chi connectivity index (χ2n) is 10.3. The van der Waals surface area contributed by atoms with Crippen LogP contribution in [0.4, 0.5) is 0 Å². The molecule has 0 radical (unpaired) electrons. The quantitative estimate of drug-likeness (QED) is 0.0360. The molecule has 0 bridgehead atoms. The molecule has 3 rings (SSSR count). The molecule has 3 aliphatic rings. The van der Waals surface area contributed by atoms with E-state index in [1.165, 1.54) is 14.0 Å². The second kappa shape index (κ2) is 13.8. The van der Waals surface area contributed by atoms with Crippen LogP contribution >= 0.6 is 0 Å². The van der Waals surface area contributed by atoms with Gasteiger partial charge in [0.25, 0.3) is 0 Å². The molecule has 21 nitrogen and oxygen atoms in total. The maximum Gasteiger partial charge on any atom is 0.187 e. The predicted octanol–water partition coefficient (Wildman–Crippen LogP) is -7.05. The normalized spacial score (nSPS) is 45.5. The third-order valence-corrected chi connectivity index (χ3v) is 7.62. The van der Waals surface area contributed by atoms with E-state index in [0.29, 0.717) is 0 Å². The molecule has 1 saturated carbocycles. The molecule has 16 N–H and O–H groups in total. The van der Waals surface area contributed by atoms with Crippen LogP contribution in [-0.4, -0.2) is 159 Å². The number of ether oxygens (including phenoxy) is 4. The van der Waals surface area contributed by atoms with Crippen LogP contribution in [0, 0.1) is 0 Å². The van der Waals surface area contributed by atoms with Gasteiger partial charge < -0.3 is 82.9 Å². The number of nitrogens with one attached hydrogen (secondary N) is 1. The lowest BCUT2D eigenvalue weighted by molar-refractivity contribution is -0.316. The Morgan fingerprint density at radius 2 is 1.52 bits per heavy atom. The first-order chi connectivity index (χ1) is 19.7. The van der Waals surface area contributed by atoms with Crippen LogP contribution in [-0.2, 0) is 18.9 Å². The zero-order chi connectivity index (χ0) is 31.5. The van der Waals surface area contributed by atoms with Crippen LogP contribution in [0.2, 0.25) is 0 Å². The van der Waals surface area contributed by atoms with Crippen LogP contribution in [0.25, 0.3) is 10.4 Å². The van der Waals surface area contributed by atoms with E-state index in [4.69, 9.17) is 47.4 Å². The number of rotatable bonds is 10. The molecule has 2 heterocycles. The van der Waals surface area contributed by atoms with Crippen LogP contribution < -0.4 is 28.3 Å². The smallest absolute Gasteiger partial charge is 0.187 e. The van der Waals surface area contributed by atoms with Crippen molar-refractivity contribution >= 4 is 11.9 Å². The maximum absolute atomic E-state index is 11.6. The minimum absolute atomic E-state index is 0.502. The van der Waals surface area contributed by atoms with Crippen molar-refractivity contribution in [1.82, 2.24) is 5.32 Å². The molecule has 21 heteroatoms. The highest BCUT2D eigenvalue weighted by Crippen LogP contribution is 2.39. The molecule has 2 aliphatic heterocycles. The summed E-state index contributed by atoms with van der Waals surface area (Å²) in [6, 6.07) is -4.06. The summed E-state index contributed by atoms with van der Waals surface area (Å²) in [5.74, 6) is -1.03. The first-order valence-corrected chi connectivity index (χ1v) is 12.9. The van der Waals surface area contributed by atoms with Crippen molar-refractivity contribution in [1.29, 1.82) is 0 Å². The Morgan fingerprint density at radius 3 is 2.07 bits per heavy atom. The largest absolute Gasteiger partial charge is 0.394 e. The van der Waals surface area contributed by atoms with E-state index in [0.717, 1.165) is 0 Å². The number of azide groups is 1. The molecular formula is C21H40N10O11. The number of aliphatic hydroxyl groups is 7. The van der Waals surface area contributed by atoms with E-state index < -0.39 is 116 Å². The number of aliphatic imine (C=N–C) groups is 2. The molecule has 240 valence electrons. The van der Waals surface area contributed by atoms with Gasteiger partial charge in [0.15, 0.2) is 24.5 Å². The summed E-state index contributed by atoms with van der Waals surface area (Å²) in [4.78, 5) is 10.3. The van der Waals surface area contributed by atoms with Crippen LogP contribution in [0.1, 0.15) is 6.92 Å². The molecular weight excluding hydrogens is 568 g/mol. The molecule has 42 heavy (non-hydrogen) atoms. The highest BCUT2D eigenvalue weighted by molar-refractivity contribution is 5.76. The minimum Gasteiger partial charge on any atom is -0.394 e. The molecule has 0 aromatic heterocycles. The number of aliphatic hydroxyl groups excluding tert-OH is 6. The summed E-state index contributed by atoms with van der Waals surface area (Å²) in [5.41, 5.74) is 28.7. The van der Waals surface area contributed by atoms with E-state index in [-0.39, 0.29) is 0 Å². The summed E-state index contributed by atoms with van der Waals surface area (Å²) in [6.07, 6.45) is -17.1. The van der Waals surface area contributed by atoms with Gasteiger partial charge in [-0.3, -0.25) is 0 Å². The van der Waals surface area contributed by atoms with Gasteiger partial charge in [0.2, 0.25) is 0 Å². The van der Waals surface area contributed by atoms with Crippen molar-refractivity contribution in [3.63, 3.8) is 0 Å². The van der Waals surface area contributed by atoms with Crippen molar-refractivity contribution in [3.8, 4) is 0 Å². The summed E-state index contributed by atoms with van der Waals surface area (Å²) >= 11 is 0. The van der Waals surface area contributed by atoms with Crippen molar-refractivity contribution in [2.75, 3.05) is 20.2 Å². The van der Waals surface area contributed by atoms with E-state index in [1.54, 1.807) is 0 Å². The van der Waals surface area contributed by atoms with E-state index in [1.807, 2.05) is 0 Å². The Kier molecular flexibility index (Phi) is 11.1. The van der Waals surface area contributed by atoms with Gasteiger partial charge in [0.05, 0.1) is 25.3 Å². The lowest BCUT2D eigenvalue weighted by atomic mass is 9.81. The van der Waals surface area contributed by atoms with Gasteiger partial charge in [-0.1, -0.05) is 5.11 Å². The average Bonchev–Trinajstić information content (AvgIpc) is 3.16. The van der Waals surface area contributed by atoms with Crippen LogP contribution in [0.3, 0.4) is 0 Å². The van der Waals surface area contributed by atoms with Crippen LogP contribution in [0.5, 0.6) is 0 Å². The molecule has 15 atom stereocenters. The first-order valence-electron chi connectivity index (χ1n) is 12.9. The Hall–Kier alpha value is -2.63. The number of hydrogen-bond donors (Lipinski definition) is 12. The monoisotopic (exact) mass is 608 g/mol. The fourth-order valence-corrected chi connectivity index (χ4v) is 5.32. The van der Waals surface area contributed by atoms with Gasteiger partial charge in [-0.25, -0.2) is 9.98 Å². The third kappa shape index (κ3) is 6.63. The van der Waals surface area contributed by atoms with Gasteiger partial charge in [-0.15, -0.1) is 0 Å². The lowest BCUT2D eigenvalue weighted by Gasteiger charge is -2.45. The standard InChI is InChI=1S/C21H40N10O11/c1-5-21(38,4-28-31-26)16(42-17-9(27-2)13(36)10(33)6(3-32)40-17)18(39-5)41-15-8(30-20(24)25)11(34)7(29-19(22)23)12(35)14(15)37/h5-18,27,32-38H,3-4H2,1-2H3,(H4,22,23,29)(H4,24,25,30)/t5?,6?,7?,8?,9?,10?,11?,12?,13?,14?,15?,16-,17?,18?,21?/m1/s1. The SMILES string of the molecule is CNC1C(O[C@@H]2C(OC3C(O)C(O)C(N=C(N)N)C(O)C3N=C(N)N)OC(C)C2(O)CN=[N+]=[N-])OC(CO)C(O)C1O. The summed E-state index contributed by atoms with van der Waals surface area (Å²) in [7, 11) is 1.43. The number of likely N-dealkylation sites (N-methyl/N-ethyl adjacent to an activating group) is 1. The number of nitrogens with zero attached hydrogens (tertiary/aromatic N) is 5. The Morgan fingerprint density at radius 1 is 0.905 bits per heavy atom. The molecule has 0 amide bonds. The zero-order valence-electron chi connectivity index (χ0n) is 22.8. The Bertz CT molecular complexity index is 1030. The fraction of sp³-hybridized carbons (Fsp3) is 0.905. The second-order valence-corrected chi connectivity index (χ2v) is 10.3. The Labute approximate surface area is 239 Å². The lowest BCUT2D eigenvalue weighted by Crippen LogP contribution is -2.66. The van der Waals surface area contributed by atoms with E-state index in [2.05, 4.69) is 25.3 Å². The molecule has 2 saturated heterocycles. The number of nitrogens with two attached hydrogens (primary N) is 4. The summed E-state index contributed by atoms with van der Waals surface area (Å²) < 4.78 is 23.4. The molecule has 14 unspecified atom stereocenters. The third-order valence-electron chi connectivity index (χ3n) is 7.62. The van der Waals surface area contributed by atoms with Gasteiger partial charge in [0, 0.05) is 4.91 Å². The molecule has 0 spiro atoms. The molecule has 0 aromatic rings. The number of guanidine groups is 2. The van der Waals surface area contributed by atoms with E-state index >= 15 is 0 Å². The Balaban J connectivity index is 2.01. The summed E-state index contributed by atoms with van der Waals surface area (Å²) in [6.45, 7) is 0.0988. The van der Waals surface area contributed by atoms with Crippen molar-refractivity contribution in [2.45, 2.75) is 98.2 Å². The van der Waals surface area contributed by atoms with Crippen LogP contribution in [0.15, 0.2) is 15.1 Å². The molecule has 3 fully saturated rings. The van der Waals surface area contributed by atoms with Gasteiger partial charge in [-0.2, -0.15) is 0 Å². The zero-order valence-corrected chi connectivity index (χ0v) is 22.8.